The van der Waals surface area contributed by atoms with Crippen LogP contribution in [0, 0.1) is 0 Å². The third-order valence-corrected chi connectivity index (χ3v) is 7.79. The van der Waals surface area contributed by atoms with Gasteiger partial charge in [-0.2, -0.15) is 0 Å². The van der Waals surface area contributed by atoms with Crippen molar-refractivity contribution in [3.63, 3.8) is 0 Å². The first-order chi connectivity index (χ1) is 13.2. The van der Waals surface area contributed by atoms with Gasteiger partial charge in [-0.1, -0.05) is 13.0 Å². The van der Waals surface area contributed by atoms with E-state index in [0.717, 1.165) is 0 Å². The summed E-state index contributed by atoms with van der Waals surface area (Å²) in [5, 5.41) is 2.73. The van der Waals surface area contributed by atoms with Gasteiger partial charge < -0.3 is 16.0 Å². The highest BCUT2D eigenvalue weighted by molar-refractivity contribution is 9.11. The molecule has 0 unspecified atom stereocenters. The third-order valence-electron chi connectivity index (χ3n) is 4.30. The summed E-state index contributed by atoms with van der Waals surface area (Å²) in [4.78, 5) is 14.1. The summed E-state index contributed by atoms with van der Waals surface area (Å²) in [6, 6.07) is 8.11. The van der Waals surface area contributed by atoms with E-state index in [-0.39, 0.29) is 27.8 Å². The van der Waals surface area contributed by atoms with Gasteiger partial charge in [0.1, 0.15) is 4.90 Å². The molecule has 6 nitrogen and oxygen atoms in total. The van der Waals surface area contributed by atoms with Crippen LogP contribution < -0.4 is 16.0 Å². The van der Waals surface area contributed by atoms with E-state index in [0.29, 0.717) is 33.4 Å². The zero-order valence-corrected chi connectivity index (χ0v) is 19.9. The highest BCUT2D eigenvalue weighted by Gasteiger charge is 2.30. The van der Waals surface area contributed by atoms with Crippen molar-refractivity contribution in [2.75, 3.05) is 29.0 Å². The molecule has 0 fully saturated rings. The zero-order valence-electron chi connectivity index (χ0n) is 15.9. The normalized spacial score (nSPS) is 11.3. The fourth-order valence-electron chi connectivity index (χ4n) is 2.82. The molecule has 0 radical (unpaired) electrons. The van der Waals surface area contributed by atoms with Gasteiger partial charge in [-0.25, -0.2) is 8.42 Å². The third kappa shape index (κ3) is 4.52. The van der Waals surface area contributed by atoms with Gasteiger partial charge in [0.2, 0.25) is 15.7 Å². The maximum absolute atomic E-state index is 13.7. The molecule has 3 N–H and O–H groups in total. The topological polar surface area (TPSA) is 92.5 Å². The van der Waals surface area contributed by atoms with Crippen molar-refractivity contribution in [2.24, 2.45) is 0 Å². The minimum absolute atomic E-state index is 0.0675. The Morgan fingerprint density at radius 1 is 1.11 bits per heavy atom. The molecule has 152 valence electrons. The molecule has 28 heavy (non-hydrogen) atoms. The Labute approximate surface area is 182 Å². The maximum Gasteiger partial charge on any atom is 0.224 e. The Morgan fingerprint density at radius 3 is 2.32 bits per heavy atom. The first-order valence-electron chi connectivity index (χ1n) is 8.84. The van der Waals surface area contributed by atoms with Crippen molar-refractivity contribution < 1.29 is 13.2 Å². The van der Waals surface area contributed by atoms with Gasteiger partial charge in [0.15, 0.2) is 0 Å². The van der Waals surface area contributed by atoms with Crippen LogP contribution in [0.3, 0.4) is 0 Å². The Bertz CT molecular complexity index is 990. The number of nitrogens with two attached hydrogens (primary N) is 1. The van der Waals surface area contributed by atoms with Crippen molar-refractivity contribution in [3.05, 3.63) is 39.3 Å². The summed E-state index contributed by atoms with van der Waals surface area (Å²) < 4.78 is 28.2. The number of nitrogens with zero attached hydrogens (tertiary/aromatic N) is 1. The molecule has 2 rings (SSSR count). The van der Waals surface area contributed by atoms with Gasteiger partial charge >= 0.3 is 0 Å². The zero-order chi connectivity index (χ0) is 21.1. The summed E-state index contributed by atoms with van der Waals surface area (Å²) in [6.45, 7) is 6.86. The molecule has 0 saturated carbocycles. The molecule has 0 spiro atoms. The first-order valence-corrected chi connectivity index (χ1v) is 11.9. The van der Waals surface area contributed by atoms with E-state index in [9.17, 15) is 13.2 Å². The predicted octanol–water partition coefficient (Wildman–Crippen LogP) is 4.82. The Hall–Kier alpha value is -1.58. The van der Waals surface area contributed by atoms with E-state index in [1.807, 2.05) is 18.7 Å². The Kier molecular flexibility index (Phi) is 7.52. The number of sulfone groups is 1. The first kappa shape index (κ1) is 22.7. The van der Waals surface area contributed by atoms with Crippen LogP contribution >= 0.6 is 31.9 Å². The average Bonchev–Trinajstić information content (AvgIpc) is 2.65. The van der Waals surface area contributed by atoms with Crippen LogP contribution in [0.2, 0.25) is 0 Å². The fraction of sp³-hybridized carbons (Fsp3) is 0.316. The monoisotopic (exact) mass is 531 g/mol. The predicted molar refractivity (Wildman–Crippen MR) is 121 cm³/mol. The van der Waals surface area contributed by atoms with E-state index in [4.69, 9.17) is 5.73 Å². The number of amides is 1. The molecule has 0 aliphatic heterocycles. The van der Waals surface area contributed by atoms with E-state index in [1.165, 1.54) is 6.07 Å². The average molecular weight is 533 g/mol. The van der Waals surface area contributed by atoms with Crippen LogP contribution in [0.1, 0.15) is 27.2 Å². The second-order valence-electron chi connectivity index (χ2n) is 6.04. The largest absolute Gasteiger partial charge is 0.398 e. The van der Waals surface area contributed by atoms with E-state index in [1.54, 1.807) is 31.2 Å². The van der Waals surface area contributed by atoms with Crippen LogP contribution in [0.15, 0.2) is 49.1 Å². The summed E-state index contributed by atoms with van der Waals surface area (Å²) in [5.74, 6) is -0.259. The minimum atomic E-state index is -3.98. The molecule has 9 heteroatoms. The van der Waals surface area contributed by atoms with E-state index >= 15 is 0 Å². The quantitative estimate of drug-likeness (QED) is 0.498. The number of carbonyl (C=O) groups is 1. The summed E-state index contributed by atoms with van der Waals surface area (Å²) in [7, 11) is -3.98. The molecule has 0 bridgehead atoms. The summed E-state index contributed by atoms with van der Waals surface area (Å²) in [6.07, 6.45) is 0.242. The highest BCUT2D eigenvalue weighted by atomic mass is 79.9. The molecule has 1 amide bonds. The molecule has 2 aromatic rings. The second-order valence-corrected chi connectivity index (χ2v) is 9.60. The molecular weight excluding hydrogens is 510 g/mol. The van der Waals surface area contributed by atoms with Crippen molar-refractivity contribution in [1.29, 1.82) is 0 Å². The standard InChI is InChI=1S/C19H23Br2N3O3S/c1-4-18(25)23-15-8-7-9-16(24(5-2)6-3)19(15)28(26,27)17-11-12(20)14(22)10-13(17)21/h7-11H,4-6,22H2,1-3H3,(H,23,25). The van der Waals surface area contributed by atoms with Crippen LogP contribution in [-0.4, -0.2) is 27.4 Å². The van der Waals surface area contributed by atoms with Crippen LogP contribution in [-0.2, 0) is 14.6 Å². The number of nitrogens with one attached hydrogen (secondary N) is 1. The number of hydrogen-bond acceptors (Lipinski definition) is 5. The number of anilines is 3. The number of carbonyl (C=O) groups excluding carboxylic acids is 1. The van der Waals surface area contributed by atoms with Crippen LogP contribution in [0.4, 0.5) is 17.1 Å². The Balaban J connectivity index is 2.83. The van der Waals surface area contributed by atoms with E-state index in [2.05, 4.69) is 37.2 Å². The molecule has 0 heterocycles. The van der Waals surface area contributed by atoms with Gasteiger partial charge in [0.05, 0.1) is 16.3 Å². The lowest BCUT2D eigenvalue weighted by molar-refractivity contribution is -0.115. The van der Waals surface area contributed by atoms with Crippen molar-refractivity contribution in [3.8, 4) is 0 Å². The number of nitrogen functional groups attached to an aromatic ring is 1. The van der Waals surface area contributed by atoms with Gasteiger partial charge in [-0.3, -0.25) is 4.79 Å². The molecular formula is C19H23Br2N3O3S. The van der Waals surface area contributed by atoms with Crippen molar-refractivity contribution >= 4 is 64.7 Å². The van der Waals surface area contributed by atoms with Crippen LogP contribution in [0.5, 0.6) is 0 Å². The van der Waals surface area contributed by atoms with Crippen molar-refractivity contribution in [2.45, 2.75) is 37.0 Å². The lowest BCUT2D eigenvalue weighted by Crippen LogP contribution is -2.25. The molecule has 0 aromatic heterocycles. The van der Waals surface area contributed by atoms with Gasteiger partial charge in [-0.15, -0.1) is 0 Å². The molecule has 0 atom stereocenters. The Morgan fingerprint density at radius 2 is 1.75 bits per heavy atom. The smallest absolute Gasteiger partial charge is 0.224 e. The van der Waals surface area contributed by atoms with Gasteiger partial charge in [0.25, 0.3) is 0 Å². The fourth-order valence-corrected chi connectivity index (χ4v) is 6.00. The molecule has 0 aliphatic carbocycles. The highest BCUT2D eigenvalue weighted by Crippen LogP contribution is 2.40. The molecule has 0 aliphatic rings. The molecule has 0 saturated heterocycles. The second kappa shape index (κ2) is 9.28. The van der Waals surface area contributed by atoms with E-state index < -0.39 is 9.84 Å². The lowest BCUT2D eigenvalue weighted by Gasteiger charge is -2.26. The number of rotatable bonds is 7. The van der Waals surface area contributed by atoms with Gasteiger partial charge in [0, 0.05) is 34.1 Å². The maximum atomic E-state index is 13.7. The summed E-state index contributed by atoms with van der Waals surface area (Å²) >= 11 is 6.62. The number of halogens is 2. The summed E-state index contributed by atoms with van der Waals surface area (Å²) in [5.41, 5.74) is 7.09. The number of hydrogen-bond donors (Lipinski definition) is 2. The molecule has 2 aromatic carbocycles. The lowest BCUT2D eigenvalue weighted by atomic mass is 10.2. The minimum Gasteiger partial charge on any atom is -0.398 e. The van der Waals surface area contributed by atoms with Crippen molar-refractivity contribution in [1.82, 2.24) is 0 Å². The number of benzene rings is 2. The SMILES string of the molecule is CCC(=O)Nc1cccc(N(CC)CC)c1S(=O)(=O)c1cc(Br)c(N)cc1Br. The van der Waals surface area contributed by atoms with Gasteiger partial charge in [-0.05, 0) is 70.0 Å². The van der Waals surface area contributed by atoms with Crippen LogP contribution in [0.25, 0.3) is 0 Å².